The molecule has 2 aromatic carbocycles. The van der Waals surface area contributed by atoms with Crippen molar-refractivity contribution in [3.05, 3.63) is 72.3 Å². The number of aryl methyl sites for hydroxylation is 2. The molecule has 98 valence electrons. The second kappa shape index (κ2) is 6.94. The van der Waals surface area contributed by atoms with Gasteiger partial charge in [0.2, 0.25) is 0 Å². The summed E-state index contributed by atoms with van der Waals surface area (Å²) in [4.78, 5) is 0. The van der Waals surface area contributed by atoms with Gasteiger partial charge in [0.15, 0.2) is 0 Å². The fourth-order valence-corrected chi connectivity index (χ4v) is 2.36. The van der Waals surface area contributed by atoms with Crippen LogP contribution < -0.4 is 0 Å². The minimum Gasteiger partial charge on any atom is -0.103 e. The molecular weight excluding hydrogens is 228 g/mol. The van der Waals surface area contributed by atoms with Gasteiger partial charge in [-0.3, -0.25) is 0 Å². The topological polar surface area (TPSA) is 0 Å². The van der Waals surface area contributed by atoms with Crippen LogP contribution in [0.3, 0.4) is 0 Å². The maximum Gasteiger partial charge on any atom is -0.0152 e. The molecule has 2 aromatic rings. The van der Waals surface area contributed by atoms with Gasteiger partial charge >= 0.3 is 0 Å². The summed E-state index contributed by atoms with van der Waals surface area (Å²) in [5.41, 5.74) is 5.47. The summed E-state index contributed by atoms with van der Waals surface area (Å²) >= 11 is 0. The van der Waals surface area contributed by atoms with Gasteiger partial charge in [-0.25, -0.2) is 0 Å². The van der Waals surface area contributed by atoms with E-state index in [1.807, 2.05) is 6.08 Å². The first-order chi connectivity index (χ1) is 9.31. The third kappa shape index (κ3) is 3.82. The summed E-state index contributed by atoms with van der Waals surface area (Å²) in [6.07, 6.45) is 6.73. The first-order valence-electron chi connectivity index (χ1n) is 7.07. The Morgan fingerprint density at radius 3 is 2.42 bits per heavy atom. The number of unbranched alkanes of at least 4 members (excludes halogenated alkanes) is 2. The highest BCUT2D eigenvalue weighted by molar-refractivity contribution is 5.67. The van der Waals surface area contributed by atoms with E-state index in [4.69, 9.17) is 0 Å². The lowest BCUT2D eigenvalue weighted by Gasteiger charge is -2.10. The molecule has 0 nitrogen and oxygen atoms in total. The maximum atomic E-state index is 3.78. The van der Waals surface area contributed by atoms with Crippen molar-refractivity contribution in [3.63, 3.8) is 0 Å². The van der Waals surface area contributed by atoms with Gasteiger partial charge in [-0.15, -0.1) is 6.58 Å². The molecule has 0 heteroatoms. The van der Waals surface area contributed by atoms with E-state index in [-0.39, 0.29) is 0 Å². The lowest BCUT2D eigenvalue weighted by atomic mass is 9.95. The van der Waals surface area contributed by atoms with Crippen molar-refractivity contribution in [2.24, 2.45) is 0 Å². The summed E-state index contributed by atoms with van der Waals surface area (Å²) in [5, 5.41) is 0. The molecule has 0 radical (unpaired) electrons. The number of benzene rings is 2. The zero-order chi connectivity index (χ0) is 13.5. The van der Waals surface area contributed by atoms with Crippen LogP contribution in [-0.4, -0.2) is 0 Å². The van der Waals surface area contributed by atoms with E-state index in [0.717, 1.165) is 12.8 Å². The Balaban J connectivity index is 2.16. The highest BCUT2D eigenvalue weighted by Gasteiger charge is 2.03. The first kappa shape index (κ1) is 13.6. The Morgan fingerprint density at radius 1 is 0.947 bits per heavy atom. The van der Waals surface area contributed by atoms with Crippen molar-refractivity contribution >= 4 is 0 Å². The van der Waals surface area contributed by atoms with E-state index in [1.165, 1.54) is 35.1 Å². The largest absolute Gasteiger partial charge is 0.103 e. The summed E-state index contributed by atoms with van der Waals surface area (Å²) in [5.74, 6) is 0. The predicted molar refractivity (Wildman–Crippen MR) is 84.4 cm³/mol. The molecule has 0 N–H and O–H groups in total. The minimum atomic E-state index is 1.12. The van der Waals surface area contributed by atoms with Crippen molar-refractivity contribution in [2.75, 3.05) is 0 Å². The van der Waals surface area contributed by atoms with Gasteiger partial charge in [-0.2, -0.15) is 0 Å². The van der Waals surface area contributed by atoms with E-state index in [0.29, 0.717) is 0 Å². The highest BCUT2D eigenvalue weighted by Crippen LogP contribution is 2.25. The molecule has 0 aliphatic carbocycles. The summed E-state index contributed by atoms with van der Waals surface area (Å²) in [6, 6.07) is 17.6. The van der Waals surface area contributed by atoms with Gasteiger partial charge in [0.05, 0.1) is 0 Å². The average Bonchev–Trinajstić information content (AvgIpc) is 2.45. The van der Waals surface area contributed by atoms with Crippen molar-refractivity contribution in [3.8, 4) is 11.1 Å². The molecule has 0 saturated heterocycles. The monoisotopic (exact) mass is 250 g/mol. The van der Waals surface area contributed by atoms with Gasteiger partial charge in [-0.05, 0) is 49.3 Å². The number of hydrogen-bond donors (Lipinski definition) is 0. The molecule has 0 fully saturated rings. The van der Waals surface area contributed by atoms with Crippen LogP contribution in [0.25, 0.3) is 11.1 Å². The summed E-state index contributed by atoms with van der Waals surface area (Å²) in [6.45, 7) is 5.91. The van der Waals surface area contributed by atoms with Crippen LogP contribution in [0.2, 0.25) is 0 Å². The standard InChI is InChI=1S/C19H22/c1-3-4-5-6-9-17-10-7-8-11-19(17)18-14-12-16(2)13-15-18/h3,7-8,10-15H,1,4-6,9H2,2H3. The van der Waals surface area contributed by atoms with Gasteiger partial charge in [-0.1, -0.05) is 60.2 Å². The Bertz CT molecular complexity index is 520. The van der Waals surface area contributed by atoms with E-state index < -0.39 is 0 Å². The highest BCUT2D eigenvalue weighted by atomic mass is 14.1. The molecule has 0 heterocycles. The fraction of sp³-hybridized carbons (Fsp3) is 0.263. The molecule has 0 aliphatic rings. The Labute approximate surface area is 116 Å². The molecule has 0 unspecified atom stereocenters. The second-order valence-electron chi connectivity index (χ2n) is 5.06. The van der Waals surface area contributed by atoms with Gasteiger partial charge in [0, 0.05) is 0 Å². The van der Waals surface area contributed by atoms with E-state index in [2.05, 4.69) is 62.0 Å². The molecule has 19 heavy (non-hydrogen) atoms. The van der Waals surface area contributed by atoms with Crippen LogP contribution in [0.1, 0.15) is 30.4 Å². The Morgan fingerprint density at radius 2 is 1.68 bits per heavy atom. The van der Waals surface area contributed by atoms with Crippen LogP contribution >= 0.6 is 0 Å². The number of allylic oxidation sites excluding steroid dienone is 1. The molecule has 0 atom stereocenters. The van der Waals surface area contributed by atoms with Crippen LogP contribution in [-0.2, 0) is 6.42 Å². The zero-order valence-corrected chi connectivity index (χ0v) is 11.7. The van der Waals surface area contributed by atoms with Crippen LogP contribution in [0.15, 0.2) is 61.2 Å². The Hall–Kier alpha value is -1.82. The van der Waals surface area contributed by atoms with E-state index in [1.54, 1.807) is 0 Å². The minimum absolute atomic E-state index is 1.12. The smallest absolute Gasteiger partial charge is 0.0152 e. The van der Waals surface area contributed by atoms with Crippen molar-refractivity contribution in [1.29, 1.82) is 0 Å². The van der Waals surface area contributed by atoms with Crippen molar-refractivity contribution < 1.29 is 0 Å². The molecule has 0 aliphatic heterocycles. The average molecular weight is 250 g/mol. The lowest BCUT2D eigenvalue weighted by Crippen LogP contribution is -1.90. The lowest BCUT2D eigenvalue weighted by molar-refractivity contribution is 0.749. The van der Waals surface area contributed by atoms with Gasteiger partial charge < -0.3 is 0 Å². The van der Waals surface area contributed by atoms with Crippen molar-refractivity contribution in [1.82, 2.24) is 0 Å². The maximum absolute atomic E-state index is 3.78. The molecule has 0 aromatic heterocycles. The fourth-order valence-electron chi connectivity index (χ4n) is 2.36. The third-order valence-corrected chi connectivity index (χ3v) is 3.48. The number of hydrogen-bond acceptors (Lipinski definition) is 0. The van der Waals surface area contributed by atoms with Crippen molar-refractivity contribution in [2.45, 2.75) is 32.6 Å². The van der Waals surface area contributed by atoms with Crippen LogP contribution in [0.5, 0.6) is 0 Å². The molecule has 0 bridgehead atoms. The quantitative estimate of drug-likeness (QED) is 0.465. The summed E-state index contributed by atoms with van der Waals surface area (Å²) < 4.78 is 0. The van der Waals surface area contributed by atoms with Gasteiger partial charge in [0.1, 0.15) is 0 Å². The molecule has 0 saturated carbocycles. The van der Waals surface area contributed by atoms with Crippen LogP contribution in [0, 0.1) is 6.92 Å². The first-order valence-corrected chi connectivity index (χ1v) is 7.07. The SMILES string of the molecule is C=CCCCCc1ccccc1-c1ccc(C)cc1. The third-order valence-electron chi connectivity index (χ3n) is 3.48. The predicted octanol–water partition coefficient (Wildman–Crippen LogP) is 5.56. The molecular formula is C19H22. The second-order valence-corrected chi connectivity index (χ2v) is 5.06. The molecule has 2 rings (SSSR count). The molecule has 0 spiro atoms. The Kier molecular flexibility index (Phi) is 4.97. The molecule has 0 amide bonds. The van der Waals surface area contributed by atoms with E-state index >= 15 is 0 Å². The van der Waals surface area contributed by atoms with E-state index in [9.17, 15) is 0 Å². The van der Waals surface area contributed by atoms with Crippen LogP contribution in [0.4, 0.5) is 0 Å². The summed E-state index contributed by atoms with van der Waals surface area (Å²) in [7, 11) is 0. The normalized spacial score (nSPS) is 10.4. The van der Waals surface area contributed by atoms with Gasteiger partial charge in [0.25, 0.3) is 0 Å². The number of rotatable bonds is 6. The zero-order valence-electron chi connectivity index (χ0n) is 11.7.